The topological polar surface area (TPSA) is 4.93 Å². The van der Waals surface area contributed by atoms with Crippen LogP contribution in [0.1, 0.15) is 36.0 Å². The lowest BCUT2D eigenvalue weighted by molar-refractivity contribution is 0.792. The predicted octanol–water partition coefficient (Wildman–Crippen LogP) is 11.8. The molecule has 0 N–H and O–H groups in total. The second kappa shape index (κ2) is 9.82. The molecule has 1 aliphatic carbocycles. The van der Waals surface area contributed by atoms with Crippen LogP contribution in [-0.4, -0.2) is 4.57 Å². The van der Waals surface area contributed by atoms with Gasteiger partial charge in [0.05, 0.1) is 11.0 Å². The van der Waals surface area contributed by atoms with Gasteiger partial charge in [-0.15, -0.1) is 0 Å². The van der Waals surface area contributed by atoms with Crippen LogP contribution >= 0.6 is 0 Å². The maximum Gasteiger partial charge on any atom is 0.0547 e. The number of rotatable bonds is 3. The zero-order valence-electron chi connectivity index (χ0n) is 24.7. The third-order valence-corrected chi connectivity index (χ3v) is 9.61. The molecule has 0 aliphatic heterocycles. The van der Waals surface area contributed by atoms with E-state index in [0.29, 0.717) is 5.92 Å². The second-order valence-corrected chi connectivity index (χ2v) is 12.2. The van der Waals surface area contributed by atoms with Crippen molar-refractivity contribution in [1.82, 2.24) is 4.57 Å². The van der Waals surface area contributed by atoms with Gasteiger partial charge in [-0.1, -0.05) is 128 Å². The Balaban J connectivity index is 1.21. The number of fused-ring (bicyclic) bond motifs is 9. The highest BCUT2D eigenvalue weighted by atomic mass is 15.0. The fourth-order valence-corrected chi connectivity index (χ4v) is 7.65. The third-order valence-electron chi connectivity index (χ3n) is 9.61. The molecule has 0 amide bonds. The maximum absolute atomic E-state index is 2.47. The summed E-state index contributed by atoms with van der Waals surface area (Å²) >= 11 is 0. The SMILES string of the molecule is CC1CC(c2cccc(-c3ccc4c5ccccc5n(-c5ccccc5)c4c3)c2)=Cc2c1c1ccccc1c1ccccc21. The Labute approximate surface area is 257 Å². The van der Waals surface area contributed by atoms with E-state index in [0.717, 1.165) is 6.42 Å². The van der Waals surface area contributed by atoms with Crippen LogP contribution in [0, 0.1) is 0 Å². The van der Waals surface area contributed by atoms with Gasteiger partial charge in [-0.2, -0.15) is 0 Å². The molecule has 208 valence electrons. The molecule has 9 rings (SSSR count). The summed E-state index contributed by atoms with van der Waals surface area (Å²) in [5.74, 6) is 0.432. The van der Waals surface area contributed by atoms with E-state index in [4.69, 9.17) is 0 Å². The van der Waals surface area contributed by atoms with E-state index in [1.807, 2.05) is 0 Å². The molecule has 0 saturated heterocycles. The van der Waals surface area contributed by atoms with Crippen molar-refractivity contribution in [2.24, 2.45) is 0 Å². The molecule has 44 heavy (non-hydrogen) atoms. The highest BCUT2D eigenvalue weighted by Gasteiger charge is 2.24. The Hall–Kier alpha value is -5.40. The molecule has 1 unspecified atom stereocenters. The number of nitrogens with zero attached hydrogens (tertiary/aromatic N) is 1. The largest absolute Gasteiger partial charge is 0.309 e. The van der Waals surface area contributed by atoms with Gasteiger partial charge < -0.3 is 4.57 Å². The minimum Gasteiger partial charge on any atom is -0.309 e. The molecule has 0 bridgehead atoms. The Kier molecular flexibility index (Phi) is 5.61. The zero-order valence-corrected chi connectivity index (χ0v) is 24.7. The van der Waals surface area contributed by atoms with Gasteiger partial charge in [0.15, 0.2) is 0 Å². The van der Waals surface area contributed by atoms with Crippen LogP contribution in [-0.2, 0) is 0 Å². The molecular weight excluding hydrogens is 530 g/mol. The van der Waals surface area contributed by atoms with Crippen molar-refractivity contribution in [2.45, 2.75) is 19.3 Å². The molecule has 1 atom stereocenters. The molecule has 0 radical (unpaired) electrons. The Bertz CT molecular complexity index is 2420. The summed E-state index contributed by atoms with van der Waals surface area (Å²) < 4.78 is 2.40. The van der Waals surface area contributed by atoms with Gasteiger partial charge in [0.25, 0.3) is 0 Å². The number of allylic oxidation sites excluding steroid dienone is 1. The highest BCUT2D eigenvalue weighted by molar-refractivity contribution is 6.15. The molecule has 7 aromatic carbocycles. The van der Waals surface area contributed by atoms with Crippen LogP contribution in [0.2, 0.25) is 0 Å². The minimum absolute atomic E-state index is 0.432. The van der Waals surface area contributed by atoms with E-state index in [-0.39, 0.29) is 0 Å². The monoisotopic (exact) mass is 561 g/mol. The van der Waals surface area contributed by atoms with Gasteiger partial charge in [-0.3, -0.25) is 0 Å². The average Bonchev–Trinajstić information content (AvgIpc) is 3.42. The number of aromatic nitrogens is 1. The van der Waals surface area contributed by atoms with Crippen molar-refractivity contribution in [3.05, 3.63) is 162 Å². The first kappa shape index (κ1) is 25.1. The first-order chi connectivity index (χ1) is 21.7. The zero-order chi connectivity index (χ0) is 29.2. The summed E-state index contributed by atoms with van der Waals surface area (Å²) in [5.41, 5.74) is 11.7. The Morgan fingerprint density at radius 3 is 1.91 bits per heavy atom. The second-order valence-electron chi connectivity index (χ2n) is 12.2. The van der Waals surface area contributed by atoms with E-state index in [2.05, 4.69) is 163 Å². The average molecular weight is 562 g/mol. The lowest BCUT2D eigenvalue weighted by Gasteiger charge is -2.27. The first-order valence-electron chi connectivity index (χ1n) is 15.6. The number of hydrogen-bond donors (Lipinski definition) is 0. The van der Waals surface area contributed by atoms with Crippen molar-refractivity contribution in [3.63, 3.8) is 0 Å². The van der Waals surface area contributed by atoms with Crippen LogP contribution in [0.5, 0.6) is 0 Å². The molecule has 8 aromatic rings. The van der Waals surface area contributed by atoms with E-state index in [1.165, 1.54) is 82.4 Å². The summed E-state index contributed by atoms with van der Waals surface area (Å²) in [6.45, 7) is 2.40. The Morgan fingerprint density at radius 1 is 0.477 bits per heavy atom. The van der Waals surface area contributed by atoms with Crippen LogP contribution in [0.25, 0.3) is 71.8 Å². The fourth-order valence-electron chi connectivity index (χ4n) is 7.65. The van der Waals surface area contributed by atoms with Crippen LogP contribution in [0.3, 0.4) is 0 Å². The first-order valence-corrected chi connectivity index (χ1v) is 15.6. The Morgan fingerprint density at radius 2 is 1.09 bits per heavy atom. The number of para-hydroxylation sites is 2. The van der Waals surface area contributed by atoms with Crippen molar-refractivity contribution < 1.29 is 0 Å². The number of hydrogen-bond acceptors (Lipinski definition) is 0. The van der Waals surface area contributed by atoms with Crippen molar-refractivity contribution in [2.75, 3.05) is 0 Å². The quantitative estimate of drug-likeness (QED) is 0.189. The summed E-state index contributed by atoms with van der Waals surface area (Å²) in [5, 5.41) is 7.99. The molecule has 1 aliphatic rings. The van der Waals surface area contributed by atoms with Gasteiger partial charge in [-0.05, 0) is 97.6 Å². The molecule has 0 spiro atoms. The maximum atomic E-state index is 2.47. The van der Waals surface area contributed by atoms with Crippen LogP contribution in [0.4, 0.5) is 0 Å². The van der Waals surface area contributed by atoms with Gasteiger partial charge in [0.2, 0.25) is 0 Å². The minimum atomic E-state index is 0.432. The number of benzene rings is 7. The molecule has 1 heteroatoms. The van der Waals surface area contributed by atoms with Crippen molar-refractivity contribution >= 4 is 55.0 Å². The molecule has 1 nitrogen and oxygen atoms in total. The summed E-state index contributed by atoms with van der Waals surface area (Å²) in [7, 11) is 0. The lowest BCUT2D eigenvalue weighted by Crippen LogP contribution is -2.06. The summed E-state index contributed by atoms with van der Waals surface area (Å²) in [4.78, 5) is 0. The summed E-state index contributed by atoms with van der Waals surface area (Å²) in [6, 6.07) is 53.4. The third kappa shape index (κ3) is 3.79. The molecule has 1 heterocycles. The van der Waals surface area contributed by atoms with E-state index >= 15 is 0 Å². The van der Waals surface area contributed by atoms with Crippen LogP contribution in [0.15, 0.2) is 146 Å². The molecule has 1 aromatic heterocycles. The predicted molar refractivity (Wildman–Crippen MR) is 189 cm³/mol. The van der Waals surface area contributed by atoms with E-state index in [1.54, 1.807) is 0 Å². The smallest absolute Gasteiger partial charge is 0.0547 e. The molecular formula is C43H31N. The summed E-state index contributed by atoms with van der Waals surface area (Å²) in [6.07, 6.45) is 3.50. The van der Waals surface area contributed by atoms with Gasteiger partial charge >= 0.3 is 0 Å². The van der Waals surface area contributed by atoms with E-state index in [9.17, 15) is 0 Å². The lowest BCUT2D eigenvalue weighted by atomic mass is 9.77. The standard InChI is InChI=1S/C43H31N/c1-28-24-32(26-40-36-18-6-5-16-34(36)35-17-7-8-20-39(35)43(28)40)30-13-11-12-29(25-30)31-22-23-38-37-19-9-10-21-41(37)44(42(38)27-31)33-14-3-2-4-15-33/h2-23,25-28H,24H2,1H3. The normalized spacial score (nSPS) is 14.8. The molecule has 0 saturated carbocycles. The fraction of sp³-hybridized carbons (Fsp3) is 0.0698. The van der Waals surface area contributed by atoms with Crippen LogP contribution < -0.4 is 0 Å². The van der Waals surface area contributed by atoms with Gasteiger partial charge in [0, 0.05) is 16.5 Å². The van der Waals surface area contributed by atoms with E-state index < -0.39 is 0 Å². The molecule has 0 fully saturated rings. The van der Waals surface area contributed by atoms with Crippen molar-refractivity contribution in [3.8, 4) is 16.8 Å². The van der Waals surface area contributed by atoms with Crippen molar-refractivity contribution in [1.29, 1.82) is 0 Å². The van der Waals surface area contributed by atoms with Gasteiger partial charge in [-0.25, -0.2) is 0 Å². The van der Waals surface area contributed by atoms with Gasteiger partial charge in [0.1, 0.15) is 0 Å². The highest BCUT2D eigenvalue weighted by Crippen LogP contribution is 2.45.